The second-order valence-corrected chi connectivity index (χ2v) is 8.88. The molecule has 1 atom stereocenters. The van der Waals surface area contributed by atoms with E-state index in [2.05, 4.69) is 38.2 Å². The van der Waals surface area contributed by atoms with Gasteiger partial charge in [0.1, 0.15) is 0 Å². The summed E-state index contributed by atoms with van der Waals surface area (Å²) in [5.41, 5.74) is 2.40. The highest BCUT2D eigenvalue weighted by atomic mass is 16.1. The van der Waals surface area contributed by atoms with Crippen LogP contribution in [0.4, 0.5) is 23.5 Å². The SMILES string of the molecule is CNC(=O)c1ccc(C)c(Nc2nc(N[C@@H]3CCNC3)nc(N(C)CC3CCCC3)n2)c1. The van der Waals surface area contributed by atoms with Crippen molar-refractivity contribution in [3.8, 4) is 0 Å². The number of hydrogen-bond acceptors (Lipinski definition) is 8. The zero-order valence-corrected chi connectivity index (χ0v) is 19.2. The lowest BCUT2D eigenvalue weighted by Crippen LogP contribution is -2.28. The quantitative estimate of drug-likeness (QED) is 0.498. The van der Waals surface area contributed by atoms with Gasteiger partial charge in [0.05, 0.1) is 0 Å². The predicted octanol–water partition coefficient (Wildman–Crippen LogP) is 2.68. The van der Waals surface area contributed by atoms with Gasteiger partial charge in [0.2, 0.25) is 17.8 Å². The van der Waals surface area contributed by atoms with E-state index >= 15 is 0 Å². The highest BCUT2D eigenvalue weighted by Crippen LogP contribution is 2.27. The molecule has 172 valence electrons. The van der Waals surface area contributed by atoms with Crippen LogP contribution in [0.1, 0.15) is 48.0 Å². The van der Waals surface area contributed by atoms with Crippen LogP contribution in [0.15, 0.2) is 18.2 Å². The van der Waals surface area contributed by atoms with Crippen molar-refractivity contribution in [1.29, 1.82) is 0 Å². The van der Waals surface area contributed by atoms with Crippen LogP contribution >= 0.6 is 0 Å². The van der Waals surface area contributed by atoms with Crippen LogP contribution in [-0.2, 0) is 0 Å². The normalized spacial score (nSPS) is 18.5. The molecule has 4 N–H and O–H groups in total. The Hall–Kier alpha value is -2.94. The molecule has 1 saturated carbocycles. The molecular formula is C23H34N8O. The Morgan fingerprint density at radius 3 is 2.66 bits per heavy atom. The first-order valence-electron chi connectivity index (χ1n) is 11.6. The summed E-state index contributed by atoms with van der Waals surface area (Å²) >= 11 is 0. The van der Waals surface area contributed by atoms with Gasteiger partial charge in [-0.3, -0.25) is 4.79 Å². The molecule has 2 aliphatic rings. The number of carbonyl (C=O) groups excluding carboxylic acids is 1. The topological polar surface area (TPSA) is 107 Å². The van der Waals surface area contributed by atoms with Gasteiger partial charge >= 0.3 is 0 Å². The summed E-state index contributed by atoms with van der Waals surface area (Å²) in [5.74, 6) is 2.26. The second-order valence-electron chi connectivity index (χ2n) is 8.88. The van der Waals surface area contributed by atoms with Crippen LogP contribution in [-0.4, -0.2) is 60.6 Å². The zero-order chi connectivity index (χ0) is 22.5. The van der Waals surface area contributed by atoms with Gasteiger partial charge in [-0.15, -0.1) is 0 Å². The van der Waals surface area contributed by atoms with Crippen LogP contribution < -0.4 is 26.2 Å². The van der Waals surface area contributed by atoms with E-state index in [1.807, 2.05) is 25.1 Å². The first kappa shape index (κ1) is 22.3. The first-order chi connectivity index (χ1) is 15.5. The van der Waals surface area contributed by atoms with E-state index in [9.17, 15) is 4.79 Å². The third-order valence-corrected chi connectivity index (χ3v) is 6.34. The minimum atomic E-state index is -0.128. The molecule has 0 bridgehead atoms. The van der Waals surface area contributed by atoms with Crippen molar-refractivity contribution >= 4 is 29.4 Å². The van der Waals surface area contributed by atoms with Crippen LogP contribution in [0.2, 0.25) is 0 Å². The molecule has 2 heterocycles. The minimum Gasteiger partial charge on any atom is -0.355 e. The minimum absolute atomic E-state index is 0.128. The summed E-state index contributed by atoms with van der Waals surface area (Å²) in [6.45, 7) is 4.83. The summed E-state index contributed by atoms with van der Waals surface area (Å²) < 4.78 is 0. The van der Waals surface area contributed by atoms with Gasteiger partial charge in [-0.25, -0.2) is 0 Å². The van der Waals surface area contributed by atoms with Crippen molar-refractivity contribution in [2.45, 2.75) is 45.1 Å². The van der Waals surface area contributed by atoms with Gasteiger partial charge in [0.25, 0.3) is 5.91 Å². The number of aryl methyl sites for hydroxylation is 1. The number of aromatic nitrogens is 3. The van der Waals surface area contributed by atoms with Crippen LogP contribution in [0.5, 0.6) is 0 Å². The van der Waals surface area contributed by atoms with Crippen molar-refractivity contribution < 1.29 is 4.79 Å². The molecule has 0 spiro atoms. The van der Waals surface area contributed by atoms with Gasteiger partial charge in [0, 0.05) is 44.5 Å². The zero-order valence-electron chi connectivity index (χ0n) is 19.2. The molecule has 4 rings (SSSR count). The third-order valence-electron chi connectivity index (χ3n) is 6.34. The predicted molar refractivity (Wildman–Crippen MR) is 128 cm³/mol. The average molecular weight is 439 g/mol. The van der Waals surface area contributed by atoms with E-state index < -0.39 is 0 Å². The molecule has 1 aromatic carbocycles. The number of amides is 1. The van der Waals surface area contributed by atoms with E-state index in [0.717, 1.165) is 37.3 Å². The molecule has 9 nitrogen and oxygen atoms in total. The Balaban J connectivity index is 1.60. The Morgan fingerprint density at radius 2 is 1.94 bits per heavy atom. The fraction of sp³-hybridized carbons (Fsp3) is 0.565. The smallest absolute Gasteiger partial charge is 0.251 e. The number of nitrogens with one attached hydrogen (secondary N) is 4. The summed E-state index contributed by atoms with van der Waals surface area (Å²) in [4.78, 5) is 28.3. The Bertz CT molecular complexity index is 938. The van der Waals surface area contributed by atoms with E-state index in [0.29, 0.717) is 35.4 Å². The maximum atomic E-state index is 12.1. The van der Waals surface area contributed by atoms with Crippen LogP contribution in [0, 0.1) is 12.8 Å². The molecule has 0 radical (unpaired) electrons. The molecule has 0 unspecified atom stereocenters. The van der Waals surface area contributed by atoms with Gasteiger partial charge in [-0.2, -0.15) is 15.0 Å². The summed E-state index contributed by atoms with van der Waals surface area (Å²) in [6, 6.07) is 5.86. The van der Waals surface area contributed by atoms with Crippen molar-refractivity contribution in [3.05, 3.63) is 29.3 Å². The molecule has 1 aromatic heterocycles. The van der Waals surface area contributed by atoms with E-state index in [4.69, 9.17) is 9.97 Å². The highest BCUT2D eigenvalue weighted by Gasteiger charge is 2.21. The molecule has 2 aromatic rings. The highest BCUT2D eigenvalue weighted by molar-refractivity contribution is 5.95. The molecule has 1 amide bonds. The van der Waals surface area contributed by atoms with E-state index in [-0.39, 0.29) is 5.91 Å². The monoisotopic (exact) mass is 438 g/mol. The van der Waals surface area contributed by atoms with Crippen LogP contribution in [0.25, 0.3) is 0 Å². The largest absolute Gasteiger partial charge is 0.355 e. The summed E-state index contributed by atoms with van der Waals surface area (Å²) in [5, 5.41) is 12.8. The molecule has 9 heteroatoms. The Labute approximate surface area is 189 Å². The molecule has 2 fully saturated rings. The maximum absolute atomic E-state index is 12.1. The lowest BCUT2D eigenvalue weighted by atomic mass is 10.1. The third kappa shape index (κ3) is 5.45. The second kappa shape index (κ2) is 10.1. The van der Waals surface area contributed by atoms with E-state index in [1.54, 1.807) is 7.05 Å². The van der Waals surface area contributed by atoms with E-state index in [1.165, 1.54) is 25.7 Å². The lowest BCUT2D eigenvalue weighted by Gasteiger charge is -2.22. The number of carbonyl (C=O) groups is 1. The Morgan fingerprint density at radius 1 is 1.16 bits per heavy atom. The van der Waals surface area contributed by atoms with Crippen molar-refractivity contribution in [2.24, 2.45) is 5.92 Å². The standard InChI is InChI=1S/C23H34N8O/c1-15-8-9-17(20(32)24-2)12-19(15)27-22-28-21(26-18-10-11-25-13-18)29-23(30-22)31(3)14-16-6-4-5-7-16/h8-9,12,16,18,25H,4-7,10-11,13-14H2,1-3H3,(H,24,32)(H2,26,27,28,29,30)/t18-/m1/s1. The van der Waals surface area contributed by atoms with Gasteiger partial charge in [-0.1, -0.05) is 18.9 Å². The van der Waals surface area contributed by atoms with Crippen LogP contribution in [0.3, 0.4) is 0 Å². The van der Waals surface area contributed by atoms with Gasteiger partial charge in [0.15, 0.2) is 0 Å². The maximum Gasteiger partial charge on any atom is 0.251 e. The number of nitrogens with zero attached hydrogens (tertiary/aromatic N) is 4. The summed E-state index contributed by atoms with van der Waals surface area (Å²) in [6.07, 6.45) is 6.20. The number of anilines is 4. The summed E-state index contributed by atoms with van der Waals surface area (Å²) in [7, 11) is 3.68. The van der Waals surface area contributed by atoms with Crippen molar-refractivity contribution in [2.75, 3.05) is 49.3 Å². The molecular weight excluding hydrogens is 404 g/mol. The first-order valence-corrected chi connectivity index (χ1v) is 11.6. The number of benzene rings is 1. The fourth-order valence-electron chi connectivity index (χ4n) is 4.44. The Kier molecular flexibility index (Phi) is 7.04. The number of rotatable bonds is 8. The average Bonchev–Trinajstić information content (AvgIpc) is 3.49. The van der Waals surface area contributed by atoms with Crippen molar-refractivity contribution in [3.63, 3.8) is 0 Å². The lowest BCUT2D eigenvalue weighted by molar-refractivity contribution is 0.0963. The van der Waals surface area contributed by atoms with Gasteiger partial charge < -0.3 is 26.2 Å². The molecule has 32 heavy (non-hydrogen) atoms. The molecule has 1 aliphatic carbocycles. The molecule has 1 aliphatic heterocycles. The number of hydrogen-bond donors (Lipinski definition) is 4. The molecule has 1 saturated heterocycles. The fourth-order valence-corrected chi connectivity index (χ4v) is 4.44. The van der Waals surface area contributed by atoms with Gasteiger partial charge in [-0.05, 0) is 56.3 Å². The van der Waals surface area contributed by atoms with Crippen molar-refractivity contribution in [1.82, 2.24) is 25.6 Å².